The lowest BCUT2D eigenvalue weighted by atomic mass is 9.87. The molecule has 4 rings (SSSR count). The van der Waals surface area contributed by atoms with Gasteiger partial charge in [0.15, 0.2) is 0 Å². The summed E-state index contributed by atoms with van der Waals surface area (Å²) >= 11 is 0. The Hall–Kier alpha value is -2.21. The molecular weight excluding hydrogens is 408 g/mol. The maximum atomic E-state index is 13.2. The lowest BCUT2D eigenvalue weighted by molar-refractivity contribution is -0.127. The number of hydrogen-bond donors (Lipinski definition) is 1. The summed E-state index contributed by atoms with van der Waals surface area (Å²) in [5.41, 5.74) is 3.79. The molecule has 5 heteroatoms. The van der Waals surface area contributed by atoms with Crippen LogP contribution in [-0.4, -0.2) is 80.0 Å². The Morgan fingerprint density at radius 3 is 2.36 bits per heavy atom. The van der Waals surface area contributed by atoms with Gasteiger partial charge in [0.05, 0.1) is 5.92 Å². The average Bonchev–Trinajstić information content (AvgIpc) is 2.84. The van der Waals surface area contributed by atoms with Gasteiger partial charge in [-0.1, -0.05) is 60.2 Å². The van der Waals surface area contributed by atoms with E-state index in [1.165, 1.54) is 16.7 Å². The Labute approximate surface area is 199 Å². The second kappa shape index (κ2) is 11.8. The third-order valence-corrected chi connectivity index (χ3v) is 7.24. The highest BCUT2D eigenvalue weighted by atomic mass is 16.1. The van der Waals surface area contributed by atoms with Gasteiger partial charge in [-0.05, 0) is 43.9 Å². The van der Waals surface area contributed by atoms with Crippen LogP contribution in [0.1, 0.15) is 23.1 Å². The summed E-state index contributed by atoms with van der Waals surface area (Å²) in [5, 5.41) is 3.23. The molecule has 1 amide bonds. The van der Waals surface area contributed by atoms with Gasteiger partial charge in [-0.3, -0.25) is 4.79 Å². The second-order valence-electron chi connectivity index (χ2n) is 10.1. The van der Waals surface area contributed by atoms with Crippen molar-refractivity contribution in [2.24, 2.45) is 11.8 Å². The van der Waals surface area contributed by atoms with Crippen LogP contribution in [0.15, 0.2) is 54.6 Å². The zero-order valence-corrected chi connectivity index (χ0v) is 20.4. The van der Waals surface area contributed by atoms with Crippen LogP contribution in [-0.2, 0) is 17.8 Å². The highest BCUT2D eigenvalue weighted by Crippen LogP contribution is 2.24. The lowest BCUT2D eigenvalue weighted by Crippen LogP contribution is -2.51. The van der Waals surface area contributed by atoms with Crippen LogP contribution in [0.2, 0.25) is 0 Å². The van der Waals surface area contributed by atoms with Gasteiger partial charge >= 0.3 is 0 Å². The largest absolute Gasteiger partial charge is 0.352 e. The van der Waals surface area contributed by atoms with Gasteiger partial charge in [0.25, 0.3) is 0 Å². The average molecular weight is 449 g/mol. The Morgan fingerprint density at radius 1 is 0.909 bits per heavy atom. The number of piperidine rings is 1. The van der Waals surface area contributed by atoms with E-state index in [0.29, 0.717) is 12.5 Å². The summed E-state index contributed by atoms with van der Waals surface area (Å²) in [6.07, 6.45) is 2.04. The fraction of sp³-hybridized carbons (Fsp3) is 0.536. The van der Waals surface area contributed by atoms with Crippen molar-refractivity contribution in [2.75, 3.05) is 59.4 Å². The number of piperazine rings is 1. The third-order valence-electron chi connectivity index (χ3n) is 7.24. The number of nitrogens with zero attached hydrogens (tertiary/aromatic N) is 3. The highest BCUT2D eigenvalue weighted by molar-refractivity contribution is 5.79. The van der Waals surface area contributed by atoms with E-state index in [1.807, 2.05) is 0 Å². The van der Waals surface area contributed by atoms with Crippen molar-refractivity contribution in [1.29, 1.82) is 0 Å². The summed E-state index contributed by atoms with van der Waals surface area (Å²) in [6, 6.07) is 19.2. The van der Waals surface area contributed by atoms with Crippen LogP contribution in [0.5, 0.6) is 0 Å². The summed E-state index contributed by atoms with van der Waals surface area (Å²) < 4.78 is 0. The second-order valence-corrected chi connectivity index (χ2v) is 10.1. The molecule has 2 aliphatic heterocycles. The molecule has 0 unspecified atom stereocenters. The molecule has 5 nitrogen and oxygen atoms in total. The first-order chi connectivity index (χ1) is 16.0. The number of amides is 1. The molecule has 33 heavy (non-hydrogen) atoms. The Bertz CT molecular complexity index is 861. The fourth-order valence-electron chi connectivity index (χ4n) is 5.17. The van der Waals surface area contributed by atoms with Crippen molar-refractivity contribution in [2.45, 2.75) is 26.3 Å². The maximum Gasteiger partial charge on any atom is 0.224 e. The molecule has 0 saturated carbocycles. The zero-order valence-electron chi connectivity index (χ0n) is 20.4. The van der Waals surface area contributed by atoms with E-state index in [-0.39, 0.29) is 11.8 Å². The van der Waals surface area contributed by atoms with Crippen LogP contribution in [0.25, 0.3) is 0 Å². The first-order valence-corrected chi connectivity index (χ1v) is 12.6. The van der Waals surface area contributed by atoms with Crippen molar-refractivity contribution in [3.63, 3.8) is 0 Å². The number of likely N-dealkylation sites (N-methyl/N-ethyl adjacent to an activating group) is 1. The van der Waals surface area contributed by atoms with Crippen LogP contribution in [0.4, 0.5) is 0 Å². The van der Waals surface area contributed by atoms with E-state index in [9.17, 15) is 4.79 Å². The molecule has 0 bridgehead atoms. The van der Waals surface area contributed by atoms with Crippen LogP contribution in [0, 0.1) is 18.8 Å². The minimum atomic E-state index is 0.0671. The number of likely N-dealkylation sites (tertiary alicyclic amines) is 1. The molecule has 2 fully saturated rings. The minimum absolute atomic E-state index is 0.0671. The quantitative estimate of drug-likeness (QED) is 0.674. The molecule has 0 radical (unpaired) electrons. The normalized spacial score (nSPS) is 22.8. The summed E-state index contributed by atoms with van der Waals surface area (Å²) in [6.45, 7) is 11.4. The van der Waals surface area contributed by atoms with Gasteiger partial charge in [-0.25, -0.2) is 0 Å². The first kappa shape index (κ1) is 23.9. The SMILES string of the molecule is Cc1ccc(CNC(=O)[C@@H]2C[C@H](CN3CCN(C)CC3)CN(CCc3ccccc3)C2)cc1. The Kier molecular flexibility index (Phi) is 8.54. The maximum absolute atomic E-state index is 13.2. The molecular formula is C28H40N4O. The van der Waals surface area contributed by atoms with Crippen molar-refractivity contribution in [3.8, 4) is 0 Å². The lowest BCUT2D eigenvalue weighted by Gasteiger charge is -2.41. The van der Waals surface area contributed by atoms with Gasteiger partial charge in [-0.2, -0.15) is 0 Å². The fourth-order valence-corrected chi connectivity index (χ4v) is 5.17. The highest BCUT2D eigenvalue weighted by Gasteiger charge is 2.32. The van der Waals surface area contributed by atoms with Crippen LogP contribution < -0.4 is 5.32 Å². The molecule has 1 N–H and O–H groups in total. The summed E-state index contributed by atoms with van der Waals surface area (Å²) in [4.78, 5) is 20.7. The van der Waals surface area contributed by atoms with Crippen LogP contribution >= 0.6 is 0 Å². The van der Waals surface area contributed by atoms with E-state index >= 15 is 0 Å². The summed E-state index contributed by atoms with van der Waals surface area (Å²) in [7, 11) is 2.21. The predicted molar refractivity (Wildman–Crippen MR) is 135 cm³/mol. The number of carbonyl (C=O) groups excluding carboxylic acids is 1. The molecule has 2 aromatic rings. The standard InChI is InChI=1S/C28H40N4O/c1-23-8-10-25(11-9-23)19-29-28(33)27-18-26(20-31-16-14-30(2)15-17-31)21-32(22-27)13-12-24-6-4-3-5-7-24/h3-11,26-27H,12-22H2,1-2H3,(H,29,33)/t26-,27-/m1/s1. The number of aryl methyl sites for hydroxylation is 1. The number of benzene rings is 2. The monoisotopic (exact) mass is 448 g/mol. The predicted octanol–water partition coefficient (Wildman–Crippen LogP) is 3.04. The van der Waals surface area contributed by atoms with Gasteiger partial charge in [-0.15, -0.1) is 0 Å². The van der Waals surface area contributed by atoms with E-state index in [0.717, 1.165) is 65.2 Å². The Morgan fingerprint density at radius 2 is 1.64 bits per heavy atom. The number of rotatable bonds is 8. The minimum Gasteiger partial charge on any atom is -0.352 e. The molecule has 2 atom stereocenters. The van der Waals surface area contributed by atoms with E-state index in [4.69, 9.17) is 0 Å². The van der Waals surface area contributed by atoms with Gasteiger partial charge < -0.3 is 20.0 Å². The molecule has 178 valence electrons. The van der Waals surface area contributed by atoms with Crippen LogP contribution in [0.3, 0.4) is 0 Å². The van der Waals surface area contributed by atoms with Crippen molar-refractivity contribution in [1.82, 2.24) is 20.0 Å². The van der Waals surface area contributed by atoms with E-state index < -0.39 is 0 Å². The number of carbonyl (C=O) groups is 1. The topological polar surface area (TPSA) is 38.8 Å². The summed E-state index contributed by atoms with van der Waals surface area (Å²) in [5.74, 6) is 0.828. The van der Waals surface area contributed by atoms with Crippen molar-refractivity contribution in [3.05, 3.63) is 71.3 Å². The molecule has 0 spiro atoms. The zero-order chi connectivity index (χ0) is 23.0. The van der Waals surface area contributed by atoms with E-state index in [1.54, 1.807) is 0 Å². The van der Waals surface area contributed by atoms with Gasteiger partial charge in [0.2, 0.25) is 5.91 Å². The van der Waals surface area contributed by atoms with Gasteiger partial charge in [0, 0.05) is 58.9 Å². The molecule has 2 aliphatic rings. The third kappa shape index (κ3) is 7.39. The van der Waals surface area contributed by atoms with Crippen molar-refractivity contribution < 1.29 is 4.79 Å². The Balaban J connectivity index is 1.35. The first-order valence-electron chi connectivity index (χ1n) is 12.6. The molecule has 2 aromatic carbocycles. The van der Waals surface area contributed by atoms with E-state index in [2.05, 4.69) is 88.6 Å². The number of nitrogens with one attached hydrogen (secondary N) is 1. The number of hydrogen-bond acceptors (Lipinski definition) is 4. The van der Waals surface area contributed by atoms with Gasteiger partial charge in [0.1, 0.15) is 0 Å². The molecule has 0 aromatic heterocycles. The molecule has 2 saturated heterocycles. The molecule has 2 heterocycles. The molecule has 0 aliphatic carbocycles. The smallest absolute Gasteiger partial charge is 0.224 e. The van der Waals surface area contributed by atoms with Crippen molar-refractivity contribution >= 4 is 5.91 Å².